The lowest BCUT2D eigenvalue weighted by atomic mass is 9.73. The zero-order chi connectivity index (χ0) is 29.3. The minimum Gasteiger partial charge on any atom is -0.493 e. The first-order chi connectivity index (χ1) is 19.6. The molecule has 0 atom stereocenters. The Bertz CT molecular complexity index is 1530. The van der Waals surface area contributed by atoms with Crippen LogP contribution in [0.4, 0.5) is 0 Å². The van der Waals surface area contributed by atoms with Gasteiger partial charge in [0.25, 0.3) is 0 Å². The molecule has 1 heterocycles. The first-order valence-corrected chi connectivity index (χ1v) is 14.8. The number of ketones is 1. The standard InChI is InChI=1S/C36H43NO4/c1-22(2)34-29-20-25(12-16-30(29)37-35(34)27-13-17-32(40-5)33(21-27)41-6)24-8-7-9-26(19-24)31(38)18-23-10-14-28(15-11-23)36(3,4)39/h7-9,12-13,16-17,19-23,28,37,39H,10-11,14-15,18H2,1-6H3. The van der Waals surface area contributed by atoms with Gasteiger partial charge in [0.2, 0.25) is 0 Å². The van der Waals surface area contributed by atoms with Crippen molar-refractivity contribution in [2.24, 2.45) is 11.8 Å². The highest BCUT2D eigenvalue weighted by molar-refractivity contribution is 5.98. The molecule has 0 amide bonds. The van der Waals surface area contributed by atoms with Gasteiger partial charge in [-0.1, -0.05) is 38.1 Å². The quantitative estimate of drug-likeness (QED) is 0.203. The number of Topliss-reactive ketones (excluding diaryl/α,β-unsaturated/α-hetero) is 1. The summed E-state index contributed by atoms with van der Waals surface area (Å²) in [6.45, 7) is 8.24. The predicted octanol–water partition coefficient (Wildman–Crippen LogP) is 8.79. The lowest BCUT2D eigenvalue weighted by Crippen LogP contribution is -2.34. The van der Waals surface area contributed by atoms with Crippen LogP contribution in [0, 0.1) is 11.8 Å². The van der Waals surface area contributed by atoms with Crippen molar-refractivity contribution in [3.8, 4) is 33.9 Å². The van der Waals surface area contributed by atoms with Crippen molar-refractivity contribution < 1.29 is 19.4 Å². The summed E-state index contributed by atoms with van der Waals surface area (Å²) in [7, 11) is 3.30. The van der Waals surface area contributed by atoms with E-state index in [9.17, 15) is 9.90 Å². The zero-order valence-electron chi connectivity index (χ0n) is 25.2. The SMILES string of the molecule is COc1ccc(-c2[nH]c3ccc(-c4cccc(C(=O)CC5CCC(C(C)(C)O)CC5)c4)cc3c2C(C)C)cc1OC. The van der Waals surface area contributed by atoms with Crippen LogP contribution in [0.5, 0.6) is 11.5 Å². The van der Waals surface area contributed by atoms with Crippen LogP contribution >= 0.6 is 0 Å². The van der Waals surface area contributed by atoms with Gasteiger partial charge in [0.15, 0.2) is 17.3 Å². The molecule has 0 radical (unpaired) electrons. The Hall–Kier alpha value is -3.57. The molecule has 0 bridgehead atoms. The van der Waals surface area contributed by atoms with Crippen molar-refractivity contribution in [1.29, 1.82) is 0 Å². The number of hydrogen-bond donors (Lipinski definition) is 2. The summed E-state index contributed by atoms with van der Waals surface area (Å²) in [6.07, 6.45) is 4.56. The molecule has 5 rings (SSSR count). The molecule has 1 aliphatic rings. The maximum absolute atomic E-state index is 13.3. The Labute approximate surface area is 243 Å². The summed E-state index contributed by atoms with van der Waals surface area (Å²) < 4.78 is 11.0. The molecular weight excluding hydrogens is 510 g/mol. The van der Waals surface area contributed by atoms with Gasteiger partial charge in [-0.25, -0.2) is 0 Å². The van der Waals surface area contributed by atoms with Gasteiger partial charge in [-0.05, 0) is 110 Å². The highest BCUT2D eigenvalue weighted by Crippen LogP contribution is 2.41. The van der Waals surface area contributed by atoms with Crippen molar-refractivity contribution in [2.45, 2.75) is 71.3 Å². The fourth-order valence-corrected chi connectivity index (χ4v) is 6.54. The molecule has 3 aromatic carbocycles. The van der Waals surface area contributed by atoms with Crippen LogP contribution in [0.3, 0.4) is 0 Å². The van der Waals surface area contributed by atoms with Gasteiger partial charge in [0.1, 0.15) is 0 Å². The van der Waals surface area contributed by atoms with Gasteiger partial charge >= 0.3 is 0 Å². The smallest absolute Gasteiger partial charge is 0.163 e. The Kier molecular flexibility index (Phi) is 8.28. The van der Waals surface area contributed by atoms with Gasteiger partial charge in [-0.3, -0.25) is 4.79 Å². The third-order valence-corrected chi connectivity index (χ3v) is 8.93. The van der Waals surface area contributed by atoms with Crippen molar-refractivity contribution in [3.63, 3.8) is 0 Å². The van der Waals surface area contributed by atoms with Crippen molar-refractivity contribution in [3.05, 3.63) is 71.8 Å². The number of ether oxygens (including phenoxy) is 2. The Morgan fingerprint density at radius 3 is 2.24 bits per heavy atom. The molecule has 1 aromatic heterocycles. The van der Waals surface area contributed by atoms with E-state index in [0.29, 0.717) is 35.7 Å². The molecule has 5 nitrogen and oxygen atoms in total. The van der Waals surface area contributed by atoms with Crippen LogP contribution in [0.2, 0.25) is 0 Å². The molecule has 0 unspecified atom stereocenters. The highest BCUT2D eigenvalue weighted by atomic mass is 16.5. The number of carbonyl (C=O) groups is 1. The fraction of sp³-hybridized carbons (Fsp3) is 0.417. The number of hydrogen-bond acceptors (Lipinski definition) is 4. The zero-order valence-corrected chi connectivity index (χ0v) is 25.2. The summed E-state index contributed by atoms with van der Waals surface area (Å²) in [5.41, 5.74) is 6.74. The highest BCUT2D eigenvalue weighted by Gasteiger charge is 2.32. The number of rotatable bonds is 9. The second-order valence-corrected chi connectivity index (χ2v) is 12.5. The molecule has 4 aromatic rings. The molecule has 0 aliphatic heterocycles. The largest absolute Gasteiger partial charge is 0.493 e. The molecule has 5 heteroatoms. The number of aromatic amines is 1. The predicted molar refractivity (Wildman–Crippen MR) is 167 cm³/mol. The van der Waals surface area contributed by atoms with Gasteiger partial charge < -0.3 is 19.6 Å². The van der Waals surface area contributed by atoms with Crippen LogP contribution in [0.15, 0.2) is 60.7 Å². The maximum Gasteiger partial charge on any atom is 0.163 e. The van der Waals surface area contributed by atoms with Gasteiger partial charge in [0.05, 0.1) is 25.5 Å². The average Bonchev–Trinajstić information content (AvgIpc) is 3.36. The summed E-state index contributed by atoms with van der Waals surface area (Å²) in [5.74, 6) is 2.62. The van der Waals surface area contributed by atoms with Crippen molar-refractivity contribution >= 4 is 16.7 Å². The number of aliphatic hydroxyl groups is 1. The minimum atomic E-state index is -0.637. The van der Waals surface area contributed by atoms with Gasteiger partial charge in [0, 0.05) is 28.5 Å². The Morgan fingerprint density at radius 1 is 0.902 bits per heavy atom. The number of fused-ring (bicyclic) bond motifs is 1. The second kappa shape index (κ2) is 11.7. The van der Waals surface area contributed by atoms with Crippen LogP contribution in [-0.4, -0.2) is 35.7 Å². The summed E-state index contributed by atoms with van der Waals surface area (Å²) in [4.78, 5) is 17.0. The lowest BCUT2D eigenvalue weighted by molar-refractivity contribution is -0.00594. The van der Waals surface area contributed by atoms with Crippen LogP contribution in [-0.2, 0) is 0 Å². The first-order valence-electron chi connectivity index (χ1n) is 14.8. The molecule has 1 aliphatic carbocycles. The topological polar surface area (TPSA) is 71.6 Å². The molecular formula is C36H43NO4. The molecule has 0 spiro atoms. The molecule has 41 heavy (non-hydrogen) atoms. The van der Waals surface area contributed by atoms with E-state index in [-0.39, 0.29) is 5.78 Å². The normalized spacial score (nSPS) is 17.7. The number of H-pyrrole nitrogens is 1. The summed E-state index contributed by atoms with van der Waals surface area (Å²) in [5, 5.41) is 11.5. The first kappa shape index (κ1) is 28.9. The monoisotopic (exact) mass is 553 g/mol. The van der Waals surface area contributed by atoms with E-state index in [0.717, 1.165) is 59.1 Å². The van der Waals surface area contributed by atoms with Gasteiger partial charge in [-0.15, -0.1) is 0 Å². The maximum atomic E-state index is 13.3. The Balaban J connectivity index is 1.41. The van der Waals surface area contributed by atoms with Crippen LogP contribution in [0.25, 0.3) is 33.3 Å². The fourth-order valence-electron chi connectivity index (χ4n) is 6.54. The number of aromatic nitrogens is 1. The molecule has 0 saturated heterocycles. The molecule has 1 saturated carbocycles. The summed E-state index contributed by atoms with van der Waals surface area (Å²) in [6, 6.07) is 20.6. The third-order valence-electron chi connectivity index (χ3n) is 8.93. The number of methoxy groups -OCH3 is 2. The van der Waals surface area contributed by atoms with Crippen LogP contribution < -0.4 is 9.47 Å². The van der Waals surface area contributed by atoms with Crippen LogP contribution in [0.1, 0.15) is 81.6 Å². The van der Waals surface area contributed by atoms with E-state index in [2.05, 4.69) is 49.2 Å². The van der Waals surface area contributed by atoms with E-state index in [1.54, 1.807) is 14.2 Å². The van der Waals surface area contributed by atoms with E-state index >= 15 is 0 Å². The van der Waals surface area contributed by atoms with Crippen molar-refractivity contribution in [1.82, 2.24) is 4.98 Å². The molecule has 1 fully saturated rings. The van der Waals surface area contributed by atoms with Gasteiger partial charge in [-0.2, -0.15) is 0 Å². The lowest BCUT2D eigenvalue weighted by Gasteiger charge is -2.35. The van der Waals surface area contributed by atoms with Crippen molar-refractivity contribution in [2.75, 3.05) is 14.2 Å². The van der Waals surface area contributed by atoms with E-state index in [1.165, 1.54) is 10.9 Å². The van der Waals surface area contributed by atoms with E-state index in [1.807, 2.05) is 44.2 Å². The Morgan fingerprint density at radius 2 is 1.59 bits per heavy atom. The molecule has 216 valence electrons. The number of benzene rings is 3. The van der Waals surface area contributed by atoms with E-state index in [4.69, 9.17) is 9.47 Å². The summed E-state index contributed by atoms with van der Waals surface area (Å²) >= 11 is 0. The minimum absolute atomic E-state index is 0.208. The number of nitrogens with one attached hydrogen (secondary N) is 1. The van der Waals surface area contributed by atoms with E-state index < -0.39 is 5.60 Å². The second-order valence-electron chi connectivity index (χ2n) is 12.5. The average molecular weight is 554 g/mol. The number of carbonyl (C=O) groups excluding carboxylic acids is 1. The molecule has 2 N–H and O–H groups in total. The third kappa shape index (κ3) is 6.06.